The molecule has 0 unspecified atom stereocenters. The maximum atomic E-state index is 5.49. The summed E-state index contributed by atoms with van der Waals surface area (Å²) in [4.78, 5) is 5.97. The number of aromatic nitrogens is 1. The van der Waals surface area contributed by atoms with Crippen LogP contribution in [0.5, 0.6) is 0 Å². The molecule has 0 fully saturated rings. The van der Waals surface area contributed by atoms with Crippen LogP contribution in [0.25, 0.3) is 11.3 Å². The van der Waals surface area contributed by atoms with E-state index in [1.807, 2.05) is 12.1 Å². The highest BCUT2D eigenvalue weighted by Gasteiger charge is 2.10. The van der Waals surface area contributed by atoms with Gasteiger partial charge in [0.1, 0.15) is 0 Å². The van der Waals surface area contributed by atoms with Crippen LogP contribution in [0.1, 0.15) is 9.88 Å². The summed E-state index contributed by atoms with van der Waals surface area (Å²) in [6.45, 7) is 4.08. The zero-order chi connectivity index (χ0) is 14.4. The molecule has 2 rings (SSSR count). The number of aryl methyl sites for hydroxylation is 1. The number of nitrogens with zero attached hydrogens (tertiary/aromatic N) is 1. The van der Waals surface area contributed by atoms with Crippen molar-refractivity contribution in [3.8, 4) is 11.3 Å². The maximum Gasteiger partial charge on any atom is 0.0958 e. The molecule has 108 valence electrons. The molecule has 0 saturated heterocycles. The number of hydrogen-bond donors (Lipinski definition) is 0. The van der Waals surface area contributed by atoms with Gasteiger partial charge in [0.05, 0.1) is 30.5 Å². The molecule has 1 aromatic carbocycles. The fourth-order valence-electron chi connectivity index (χ4n) is 1.87. The van der Waals surface area contributed by atoms with Crippen LogP contribution in [0.4, 0.5) is 0 Å². The zero-order valence-corrected chi connectivity index (χ0v) is 14.1. The van der Waals surface area contributed by atoms with Gasteiger partial charge in [0.2, 0.25) is 0 Å². The standard InChI is InChI=1S/C15H18BrNO2S/c1-11-15(12-4-3-5-13(16)10-12)17-14(20-11)6-7-19-9-8-18-2/h3-5,10H,6-9H2,1-2H3. The van der Waals surface area contributed by atoms with Crippen molar-refractivity contribution in [2.45, 2.75) is 13.3 Å². The molecular weight excluding hydrogens is 338 g/mol. The van der Waals surface area contributed by atoms with Crippen molar-refractivity contribution in [1.82, 2.24) is 4.98 Å². The lowest BCUT2D eigenvalue weighted by molar-refractivity contribution is 0.0722. The minimum atomic E-state index is 0.638. The van der Waals surface area contributed by atoms with Gasteiger partial charge in [-0.05, 0) is 19.1 Å². The summed E-state index contributed by atoms with van der Waals surface area (Å²) in [6, 6.07) is 8.24. The quantitative estimate of drug-likeness (QED) is 0.701. The molecule has 1 heterocycles. The van der Waals surface area contributed by atoms with E-state index in [-0.39, 0.29) is 0 Å². The average molecular weight is 356 g/mol. The number of halogens is 1. The lowest BCUT2D eigenvalue weighted by Gasteiger charge is -2.01. The minimum Gasteiger partial charge on any atom is -0.382 e. The highest BCUT2D eigenvalue weighted by atomic mass is 79.9. The first kappa shape index (κ1) is 15.6. The number of ether oxygens (including phenoxy) is 2. The van der Waals surface area contributed by atoms with E-state index in [1.54, 1.807) is 18.4 Å². The number of hydrogen-bond acceptors (Lipinski definition) is 4. The van der Waals surface area contributed by atoms with E-state index in [1.165, 1.54) is 4.88 Å². The summed E-state index contributed by atoms with van der Waals surface area (Å²) in [7, 11) is 1.68. The molecule has 5 heteroatoms. The molecule has 20 heavy (non-hydrogen) atoms. The van der Waals surface area contributed by atoms with Crippen LogP contribution in [0, 0.1) is 6.92 Å². The second kappa shape index (κ2) is 7.88. The van der Waals surface area contributed by atoms with Crippen molar-refractivity contribution in [3.05, 3.63) is 38.6 Å². The molecule has 1 aromatic heterocycles. The molecule has 0 aliphatic rings. The lowest BCUT2D eigenvalue weighted by Crippen LogP contribution is -2.04. The van der Waals surface area contributed by atoms with Crippen molar-refractivity contribution < 1.29 is 9.47 Å². The van der Waals surface area contributed by atoms with E-state index in [9.17, 15) is 0 Å². The second-order valence-corrected chi connectivity index (χ2v) is 6.58. The number of benzene rings is 1. The van der Waals surface area contributed by atoms with E-state index in [4.69, 9.17) is 14.5 Å². The summed E-state index contributed by atoms with van der Waals surface area (Å²) < 4.78 is 11.5. The Morgan fingerprint density at radius 3 is 2.85 bits per heavy atom. The Labute approximate surface area is 132 Å². The van der Waals surface area contributed by atoms with Crippen LogP contribution in [0.15, 0.2) is 28.7 Å². The Morgan fingerprint density at radius 1 is 1.25 bits per heavy atom. The molecule has 0 N–H and O–H groups in total. The molecule has 0 atom stereocenters. The first-order valence-corrected chi connectivity index (χ1v) is 8.10. The predicted molar refractivity (Wildman–Crippen MR) is 86.4 cm³/mol. The molecule has 3 nitrogen and oxygen atoms in total. The van der Waals surface area contributed by atoms with Crippen LogP contribution in [-0.2, 0) is 15.9 Å². The molecular formula is C15H18BrNO2S. The van der Waals surface area contributed by atoms with Gasteiger partial charge in [0.15, 0.2) is 0 Å². The van der Waals surface area contributed by atoms with E-state index in [2.05, 4.69) is 35.0 Å². The third kappa shape index (κ3) is 4.38. The molecule has 0 aliphatic carbocycles. The zero-order valence-electron chi connectivity index (χ0n) is 11.7. The monoisotopic (exact) mass is 355 g/mol. The Balaban J connectivity index is 1.99. The Morgan fingerprint density at radius 2 is 2.10 bits per heavy atom. The van der Waals surface area contributed by atoms with Gasteiger partial charge in [0.25, 0.3) is 0 Å². The topological polar surface area (TPSA) is 31.4 Å². The number of thiazole rings is 1. The number of methoxy groups -OCH3 is 1. The van der Waals surface area contributed by atoms with Gasteiger partial charge >= 0.3 is 0 Å². The van der Waals surface area contributed by atoms with E-state index >= 15 is 0 Å². The van der Waals surface area contributed by atoms with Crippen LogP contribution >= 0.6 is 27.3 Å². The highest BCUT2D eigenvalue weighted by Crippen LogP contribution is 2.29. The SMILES string of the molecule is COCCOCCc1nc(-c2cccc(Br)c2)c(C)s1. The molecule has 0 bridgehead atoms. The summed E-state index contributed by atoms with van der Waals surface area (Å²) in [5.74, 6) is 0. The van der Waals surface area contributed by atoms with Crippen molar-refractivity contribution >= 4 is 27.3 Å². The van der Waals surface area contributed by atoms with Crippen molar-refractivity contribution in [1.29, 1.82) is 0 Å². The van der Waals surface area contributed by atoms with Gasteiger partial charge in [-0.3, -0.25) is 0 Å². The smallest absolute Gasteiger partial charge is 0.0958 e. The van der Waals surface area contributed by atoms with Gasteiger partial charge in [-0.15, -0.1) is 11.3 Å². The molecule has 0 amide bonds. The van der Waals surface area contributed by atoms with Gasteiger partial charge in [-0.25, -0.2) is 4.98 Å². The van der Waals surface area contributed by atoms with Crippen molar-refractivity contribution in [2.24, 2.45) is 0 Å². The van der Waals surface area contributed by atoms with E-state index < -0.39 is 0 Å². The molecule has 0 saturated carbocycles. The first-order chi connectivity index (χ1) is 9.70. The summed E-state index contributed by atoms with van der Waals surface area (Å²) in [6.07, 6.45) is 0.850. The molecule has 0 spiro atoms. The molecule has 0 aliphatic heterocycles. The van der Waals surface area contributed by atoms with Gasteiger partial charge in [-0.1, -0.05) is 28.1 Å². The van der Waals surface area contributed by atoms with Crippen LogP contribution in [0.2, 0.25) is 0 Å². The minimum absolute atomic E-state index is 0.638. The summed E-state index contributed by atoms with van der Waals surface area (Å²) in [5, 5.41) is 1.12. The van der Waals surface area contributed by atoms with Crippen LogP contribution < -0.4 is 0 Å². The van der Waals surface area contributed by atoms with E-state index in [0.29, 0.717) is 19.8 Å². The van der Waals surface area contributed by atoms with Gasteiger partial charge in [0, 0.05) is 28.4 Å². The molecule has 2 aromatic rings. The highest BCUT2D eigenvalue weighted by molar-refractivity contribution is 9.10. The van der Waals surface area contributed by atoms with Crippen LogP contribution in [0.3, 0.4) is 0 Å². The third-order valence-corrected chi connectivity index (χ3v) is 4.35. The maximum absolute atomic E-state index is 5.49. The Bertz CT molecular complexity index is 557. The Kier molecular flexibility index (Phi) is 6.16. The lowest BCUT2D eigenvalue weighted by atomic mass is 10.1. The van der Waals surface area contributed by atoms with Crippen LogP contribution in [-0.4, -0.2) is 31.9 Å². The second-order valence-electron chi connectivity index (χ2n) is 4.38. The number of rotatable bonds is 7. The van der Waals surface area contributed by atoms with Crippen molar-refractivity contribution in [3.63, 3.8) is 0 Å². The van der Waals surface area contributed by atoms with Gasteiger partial charge < -0.3 is 9.47 Å². The van der Waals surface area contributed by atoms with Crippen molar-refractivity contribution in [2.75, 3.05) is 26.9 Å². The summed E-state index contributed by atoms with van der Waals surface area (Å²) in [5.41, 5.74) is 2.22. The van der Waals surface area contributed by atoms with E-state index in [0.717, 1.165) is 27.2 Å². The fourth-order valence-corrected chi connectivity index (χ4v) is 3.20. The fraction of sp³-hybridized carbons (Fsp3) is 0.400. The summed E-state index contributed by atoms with van der Waals surface area (Å²) >= 11 is 5.24. The normalized spacial score (nSPS) is 10.9. The third-order valence-electron chi connectivity index (χ3n) is 2.83. The largest absolute Gasteiger partial charge is 0.382 e. The predicted octanol–water partition coefficient (Wildman–Crippen LogP) is 4.09. The van der Waals surface area contributed by atoms with Gasteiger partial charge in [-0.2, -0.15) is 0 Å². The molecule has 0 radical (unpaired) electrons. The first-order valence-electron chi connectivity index (χ1n) is 6.49. The Hall–Kier alpha value is -0.750. The average Bonchev–Trinajstić information content (AvgIpc) is 2.80.